The van der Waals surface area contributed by atoms with Gasteiger partial charge in [0.2, 0.25) is 0 Å². The SMILES string of the molecule is Cn1cc(-c2ccc(Cn3cc(C(=O)N[C@@H]4C[C@@H]5CC[C@H]4O5)c4c(F)cccc43)c(F)c2)cn1. The smallest absolute Gasteiger partial charge is 0.253 e. The van der Waals surface area contributed by atoms with Gasteiger partial charge >= 0.3 is 0 Å². The van der Waals surface area contributed by atoms with Gasteiger partial charge in [0.05, 0.1) is 42.1 Å². The molecule has 2 bridgehead atoms. The number of nitrogens with one attached hydrogen (secondary N) is 1. The van der Waals surface area contributed by atoms with Gasteiger partial charge in [0.25, 0.3) is 5.91 Å². The monoisotopic (exact) mass is 462 g/mol. The maximum Gasteiger partial charge on any atom is 0.253 e. The molecule has 4 aromatic rings. The van der Waals surface area contributed by atoms with Gasteiger partial charge < -0.3 is 14.6 Å². The van der Waals surface area contributed by atoms with E-state index >= 15 is 4.39 Å². The number of hydrogen-bond acceptors (Lipinski definition) is 3. The molecule has 0 aliphatic carbocycles. The van der Waals surface area contributed by atoms with Crippen LogP contribution in [0.15, 0.2) is 55.0 Å². The number of nitrogens with zero attached hydrogens (tertiary/aromatic N) is 3. The second kappa shape index (κ2) is 8.06. The Morgan fingerprint density at radius 2 is 2.03 bits per heavy atom. The molecule has 3 atom stereocenters. The zero-order chi connectivity index (χ0) is 23.4. The zero-order valence-electron chi connectivity index (χ0n) is 18.7. The van der Waals surface area contributed by atoms with Crippen molar-refractivity contribution in [3.05, 3.63) is 77.8 Å². The third-order valence-electron chi connectivity index (χ3n) is 6.95. The standard InChI is InChI=1S/C26H24F2N4O2/c1-31-12-17(11-29-31)15-5-6-16(21(28)9-15)13-32-14-19(25-20(27)3-2-4-23(25)32)26(33)30-22-10-18-7-8-24(22)34-18/h2-6,9,11-12,14,18,22,24H,7-8,10,13H2,1H3,(H,30,33)/t18-,22+,24+/m0/s1. The molecule has 174 valence electrons. The average molecular weight is 463 g/mol. The highest BCUT2D eigenvalue weighted by Crippen LogP contribution is 2.35. The molecule has 4 heterocycles. The molecule has 0 spiro atoms. The molecule has 2 fully saturated rings. The van der Waals surface area contributed by atoms with Gasteiger partial charge in [-0.2, -0.15) is 5.10 Å². The van der Waals surface area contributed by atoms with E-state index in [4.69, 9.17) is 4.74 Å². The molecule has 8 heteroatoms. The van der Waals surface area contributed by atoms with Crippen molar-refractivity contribution in [2.24, 2.45) is 7.05 Å². The van der Waals surface area contributed by atoms with Crippen LogP contribution in [0.1, 0.15) is 35.2 Å². The predicted octanol–water partition coefficient (Wildman–Crippen LogP) is 4.42. The largest absolute Gasteiger partial charge is 0.373 e. The van der Waals surface area contributed by atoms with Crippen LogP contribution in [0.4, 0.5) is 8.78 Å². The summed E-state index contributed by atoms with van der Waals surface area (Å²) in [5.74, 6) is -1.18. The Kier molecular flexibility index (Phi) is 4.99. The molecule has 2 aromatic heterocycles. The molecule has 2 saturated heterocycles. The van der Waals surface area contributed by atoms with Crippen molar-refractivity contribution in [3.63, 3.8) is 0 Å². The molecule has 0 saturated carbocycles. The van der Waals surface area contributed by atoms with Crippen LogP contribution in [0.2, 0.25) is 0 Å². The van der Waals surface area contributed by atoms with E-state index in [0.717, 1.165) is 30.4 Å². The van der Waals surface area contributed by atoms with Crippen molar-refractivity contribution in [2.75, 3.05) is 0 Å². The quantitative estimate of drug-likeness (QED) is 0.478. The molecule has 6 rings (SSSR count). The Bertz CT molecular complexity index is 1410. The first-order valence-corrected chi connectivity index (χ1v) is 11.5. The minimum atomic E-state index is -0.474. The van der Waals surface area contributed by atoms with E-state index in [1.165, 1.54) is 12.1 Å². The zero-order valence-corrected chi connectivity index (χ0v) is 18.7. The Hall–Kier alpha value is -3.52. The van der Waals surface area contributed by atoms with Gasteiger partial charge in [0, 0.05) is 36.0 Å². The normalized spacial score (nSPS) is 21.4. The van der Waals surface area contributed by atoms with Crippen LogP contribution in [0, 0.1) is 11.6 Å². The van der Waals surface area contributed by atoms with Crippen molar-refractivity contribution in [3.8, 4) is 11.1 Å². The minimum Gasteiger partial charge on any atom is -0.373 e. The number of halogens is 2. The maximum absolute atomic E-state index is 15.0. The van der Waals surface area contributed by atoms with Gasteiger partial charge in [-0.05, 0) is 43.0 Å². The maximum atomic E-state index is 15.0. The fraction of sp³-hybridized carbons (Fsp3) is 0.308. The summed E-state index contributed by atoms with van der Waals surface area (Å²) in [6.45, 7) is 0.170. The second-order valence-electron chi connectivity index (χ2n) is 9.20. The first-order chi connectivity index (χ1) is 16.5. The summed E-state index contributed by atoms with van der Waals surface area (Å²) in [6, 6.07) is 9.65. The Morgan fingerprint density at radius 3 is 2.74 bits per heavy atom. The number of amides is 1. The number of fused-ring (bicyclic) bond motifs is 3. The van der Waals surface area contributed by atoms with Gasteiger partial charge in [0.1, 0.15) is 11.6 Å². The lowest BCUT2D eigenvalue weighted by Crippen LogP contribution is -2.41. The van der Waals surface area contributed by atoms with Crippen molar-refractivity contribution in [2.45, 2.75) is 44.1 Å². The highest BCUT2D eigenvalue weighted by Gasteiger charge is 2.41. The van der Waals surface area contributed by atoms with Crippen LogP contribution in [-0.2, 0) is 18.3 Å². The van der Waals surface area contributed by atoms with E-state index in [0.29, 0.717) is 11.1 Å². The third kappa shape index (κ3) is 3.58. The van der Waals surface area contributed by atoms with Gasteiger partial charge in [-0.25, -0.2) is 8.78 Å². The summed E-state index contributed by atoms with van der Waals surface area (Å²) >= 11 is 0. The minimum absolute atomic E-state index is 0.0274. The fourth-order valence-electron chi connectivity index (χ4n) is 5.26. The molecule has 0 unspecified atom stereocenters. The van der Waals surface area contributed by atoms with Crippen molar-refractivity contribution in [1.29, 1.82) is 0 Å². The molecule has 1 amide bonds. The molecule has 2 aliphatic rings. The van der Waals surface area contributed by atoms with E-state index in [2.05, 4.69) is 10.4 Å². The molecule has 1 N–H and O–H groups in total. The molecule has 2 aliphatic heterocycles. The van der Waals surface area contributed by atoms with E-state index in [-0.39, 0.29) is 47.5 Å². The number of carbonyl (C=O) groups excluding carboxylic acids is 1. The lowest BCUT2D eigenvalue weighted by molar-refractivity contribution is 0.0842. The number of carbonyl (C=O) groups is 1. The number of hydrogen-bond donors (Lipinski definition) is 1. The Balaban J connectivity index is 1.31. The number of ether oxygens (including phenoxy) is 1. The molecular weight excluding hydrogens is 438 g/mol. The third-order valence-corrected chi connectivity index (χ3v) is 6.95. The van der Waals surface area contributed by atoms with E-state index in [1.54, 1.807) is 39.8 Å². The van der Waals surface area contributed by atoms with Crippen LogP contribution < -0.4 is 5.32 Å². The fourth-order valence-corrected chi connectivity index (χ4v) is 5.26. The first kappa shape index (κ1) is 21.0. The van der Waals surface area contributed by atoms with Crippen LogP contribution in [0.25, 0.3) is 22.0 Å². The van der Waals surface area contributed by atoms with Crippen LogP contribution in [0.3, 0.4) is 0 Å². The first-order valence-electron chi connectivity index (χ1n) is 11.5. The van der Waals surface area contributed by atoms with Crippen molar-refractivity contribution >= 4 is 16.8 Å². The lowest BCUT2D eigenvalue weighted by Gasteiger charge is -2.19. The van der Waals surface area contributed by atoms with Crippen molar-refractivity contribution in [1.82, 2.24) is 19.7 Å². The van der Waals surface area contributed by atoms with Crippen molar-refractivity contribution < 1.29 is 18.3 Å². The van der Waals surface area contributed by atoms with Gasteiger partial charge in [0.15, 0.2) is 0 Å². The second-order valence-corrected chi connectivity index (χ2v) is 9.20. The summed E-state index contributed by atoms with van der Waals surface area (Å²) < 4.78 is 39.1. The van der Waals surface area contributed by atoms with E-state index in [9.17, 15) is 9.18 Å². The highest BCUT2D eigenvalue weighted by molar-refractivity contribution is 6.07. The summed E-state index contributed by atoms with van der Waals surface area (Å²) in [5, 5.41) is 7.42. The van der Waals surface area contributed by atoms with E-state index < -0.39 is 5.82 Å². The van der Waals surface area contributed by atoms with Crippen LogP contribution in [0.5, 0.6) is 0 Å². The molecular formula is C26H24F2N4O2. The summed E-state index contributed by atoms with van der Waals surface area (Å²) in [5.41, 5.74) is 2.80. The van der Waals surface area contributed by atoms with Crippen LogP contribution in [-0.4, -0.2) is 38.5 Å². The molecule has 6 nitrogen and oxygen atoms in total. The van der Waals surface area contributed by atoms with Gasteiger partial charge in [-0.15, -0.1) is 0 Å². The molecule has 34 heavy (non-hydrogen) atoms. The highest BCUT2D eigenvalue weighted by atomic mass is 19.1. The Morgan fingerprint density at radius 1 is 1.15 bits per heavy atom. The average Bonchev–Trinajstić information content (AvgIpc) is 3.60. The summed E-state index contributed by atoms with van der Waals surface area (Å²) in [7, 11) is 1.81. The number of rotatable bonds is 5. The summed E-state index contributed by atoms with van der Waals surface area (Å²) in [4.78, 5) is 13.2. The van der Waals surface area contributed by atoms with E-state index in [1.807, 2.05) is 19.3 Å². The lowest BCUT2D eigenvalue weighted by atomic mass is 9.95. The number of aryl methyl sites for hydroxylation is 1. The van der Waals surface area contributed by atoms with Gasteiger partial charge in [-0.1, -0.05) is 18.2 Å². The topological polar surface area (TPSA) is 61.1 Å². The van der Waals surface area contributed by atoms with Gasteiger partial charge in [-0.3, -0.25) is 9.48 Å². The summed E-state index contributed by atoms with van der Waals surface area (Å²) in [6.07, 6.45) is 8.09. The Labute approximate surface area is 195 Å². The molecule has 0 radical (unpaired) electrons. The predicted molar refractivity (Wildman–Crippen MR) is 123 cm³/mol. The van der Waals surface area contributed by atoms with Crippen LogP contribution >= 0.6 is 0 Å². The number of aromatic nitrogens is 3. The molecule has 2 aromatic carbocycles. The number of benzene rings is 2.